The Hall–Kier alpha value is -3.42. The number of carbonyl (C=O) groups is 2. The Labute approximate surface area is 124 Å². The summed E-state index contributed by atoms with van der Waals surface area (Å²) >= 11 is 0. The van der Waals surface area contributed by atoms with Crippen LogP contribution in [0.1, 0.15) is 20.7 Å². The maximum absolute atomic E-state index is 10.4. The Bertz CT molecular complexity index is 694. The number of nitrogens with two attached hydrogens (primary N) is 2. The van der Waals surface area contributed by atoms with Crippen LogP contribution in [0, 0.1) is 0 Å². The molecule has 0 bridgehead atoms. The van der Waals surface area contributed by atoms with Gasteiger partial charge in [-0.25, -0.2) is 9.59 Å². The van der Waals surface area contributed by atoms with Gasteiger partial charge in [-0.1, -0.05) is 6.07 Å². The fraction of sp³-hybridized carbons (Fsp3) is 0. The molecule has 0 fully saturated rings. The van der Waals surface area contributed by atoms with Gasteiger partial charge in [-0.3, -0.25) is 0 Å². The molecule has 0 aliphatic carbocycles. The minimum atomic E-state index is -1.22. The lowest BCUT2D eigenvalue weighted by molar-refractivity contribution is 0.0683. The molecule has 0 aliphatic rings. The zero-order chi connectivity index (χ0) is 16.9. The van der Waals surface area contributed by atoms with Crippen molar-refractivity contribution in [2.75, 3.05) is 11.5 Å². The molecular weight excluding hydrogens is 292 g/mol. The first-order chi connectivity index (χ1) is 10.2. The first-order valence-corrected chi connectivity index (χ1v) is 5.86. The van der Waals surface area contributed by atoms with Gasteiger partial charge in [-0.15, -0.1) is 0 Å². The zero-order valence-corrected chi connectivity index (χ0v) is 11.2. The molecule has 0 aromatic heterocycles. The van der Waals surface area contributed by atoms with Crippen LogP contribution in [0.5, 0.6) is 11.5 Å². The maximum atomic E-state index is 10.4. The number of carboxylic acids is 2. The van der Waals surface area contributed by atoms with E-state index in [9.17, 15) is 9.59 Å². The second-order valence-electron chi connectivity index (χ2n) is 4.13. The number of carboxylic acid groups (broad SMARTS) is 2. The van der Waals surface area contributed by atoms with Gasteiger partial charge < -0.3 is 31.9 Å². The lowest BCUT2D eigenvalue weighted by atomic mass is 10.1. The molecule has 8 N–H and O–H groups in total. The van der Waals surface area contributed by atoms with Crippen molar-refractivity contribution < 1.29 is 30.0 Å². The molecule has 0 heterocycles. The van der Waals surface area contributed by atoms with Crippen LogP contribution in [-0.2, 0) is 0 Å². The molecule has 8 heteroatoms. The van der Waals surface area contributed by atoms with Crippen LogP contribution < -0.4 is 11.5 Å². The van der Waals surface area contributed by atoms with Crippen molar-refractivity contribution in [3.8, 4) is 11.5 Å². The summed E-state index contributed by atoms with van der Waals surface area (Å²) in [5.74, 6) is -2.99. The predicted octanol–water partition coefficient (Wildman–Crippen LogP) is 1.35. The molecule has 0 amide bonds. The van der Waals surface area contributed by atoms with Crippen molar-refractivity contribution in [2.24, 2.45) is 0 Å². The minimum Gasteiger partial charge on any atom is -0.507 e. The van der Waals surface area contributed by atoms with Crippen molar-refractivity contribution >= 4 is 23.3 Å². The van der Waals surface area contributed by atoms with E-state index in [-0.39, 0.29) is 28.3 Å². The summed E-state index contributed by atoms with van der Waals surface area (Å²) in [6.45, 7) is 0. The van der Waals surface area contributed by atoms with E-state index in [0.29, 0.717) is 5.69 Å². The predicted molar refractivity (Wildman–Crippen MR) is 79.0 cm³/mol. The van der Waals surface area contributed by atoms with E-state index < -0.39 is 11.9 Å². The van der Waals surface area contributed by atoms with Gasteiger partial charge in [0.05, 0.1) is 0 Å². The Balaban J connectivity index is 0.000000220. The van der Waals surface area contributed by atoms with Crippen molar-refractivity contribution in [3.05, 3.63) is 47.5 Å². The van der Waals surface area contributed by atoms with Gasteiger partial charge in [0.2, 0.25) is 0 Å². The second-order valence-corrected chi connectivity index (χ2v) is 4.13. The highest BCUT2D eigenvalue weighted by Gasteiger charge is 2.11. The quantitative estimate of drug-likeness (QED) is 0.357. The third-order valence-corrected chi connectivity index (χ3v) is 2.54. The summed E-state index contributed by atoms with van der Waals surface area (Å²) in [6, 6.07) is 8.07. The standard InChI is InChI=1S/2C7H7NO3/c8-4-1-2-6(9)5(3-4)7(10)11;8-4-2-1-3-5(9)6(4)7(10)11/h2*1-3,9H,8H2,(H,10,11). The van der Waals surface area contributed by atoms with Crippen molar-refractivity contribution in [3.63, 3.8) is 0 Å². The van der Waals surface area contributed by atoms with Crippen molar-refractivity contribution in [1.29, 1.82) is 0 Å². The molecule has 0 unspecified atom stereocenters. The lowest BCUT2D eigenvalue weighted by Gasteiger charge is -2.01. The Kier molecular flexibility index (Phi) is 5.17. The maximum Gasteiger partial charge on any atom is 0.341 e. The van der Waals surface area contributed by atoms with E-state index in [1.807, 2.05) is 0 Å². The van der Waals surface area contributed by atoms with Gasteiger partial charge in [0.15, 0.2) is 0 Å². The number of anilines is 2. The summed E-state index contributed by atoms with van der Waals surface area (Å²) in [5.41, 5.74) is 10.5. The molecule has 2 aromatic carbocycles. The molecule has 2 aromatic rings. The molecule has 0 spiro atoms. The van der Waals surface area contributed by atoms with Crippen LogP contribution in [0.3, 0.4) is 0 Å². The molecule has 2 rings (SSSR count). The van der Waals surface area contributed by atoms with E-state index in [1.54, 1.807) is 0 Å². The summed E-state index contributed by atoms with van der Waals surface area (Å²) in [7, 11) is 0. The molecule has 0 radical (unpaired) electrons. The number of phenols is 2. The topological polar surface area (TPSA) is 167 Å². The number of hydrogen-bond acceptors (Lipinski definition) is 6. The van der Waals surface area contributed by atoms with Crippen molar-refractivity contribution in [2.45, 2.75) is 0 Å². The number of benzene rings is 2. The molecule has 116 valence electrons. The van der Waals surface area contributed by atoms with Gasteiger partial charge in [-0.2, -0.15) is 0 Å². The number of aromatic carboxylic acids is 2. The Morgan fingerprint density at radius 2 is 1.50 bits per heavy atom. The average Bonchev–Trinajstić information content (AvgIpc) is 2.41. The summed E-state index contributed by atoms with van der Waals surface area (Å²) in [6.07, 6.45) is 0. The van der Waals surface area contributed by atoms with Crippen LogP contribution in [0.15, 0.2) is 36.4 Å². The fourth-order valence-corrected chi connectivity index (χ4v) is 1.52. The summed E-state index contributed by atoms with van der Waals surface area (Å²) in [4.78, 5) is 20.8. The molecular formula is C14H14N2O6. The molecule has 0 saturated carbocycles. The van der Waals surface area contributed by atoms with Gasteiger partial charge in [0, 0.05) is 11.4 Å². The summed E-state index contributed by atoms with van der Waals surface area (Å²) < 4.78 is 0. The molecule has 0 saturated heterocycles. The highest BCUT2D eigenvalue weighted by Crippen LogP contribution is 2.22. The third-order valence-electron chi connectivity index (χ3n) is 2.54. The Morgan fingerprint density at radius 1 is 0.864 bits per heavy atom. The molecule has 22 heavy (non-hydrogen) atoms. The van der Waals surface area contributed by atoms with Crippen molar-refractivity contribution in [1.82, 2.24) is 0 Å². The molecule has 0 aliphatic heterocycles. The molecule has 0 atom stereocenters. The Morgan fingerprint density at radius 3 is 1.91 bits per heavy atom. The average molecular weight is 306 g/mol. The highest BCUT2D eigenvalue weighted by molar-refractivity contribution is 5.96. The van der Waals surface area contributed by atoms with Crippen LogP contribution in [-0.4, -0.2) is 32.4 Å². The van der Waals surface area contributed by atoms with E-state index in [2.05, 4.69) is 0 Å². The number of aromatic hydroxyl groups is 2. The normalized spacial score (nSPS) is 9.45. The van der Waals surface area contributed by atoms with E-state index in [0.717, 1.165) is 0 Å². The smallest absolute Gasteiger partial charge is 0.341 e. The first kappa shape index (κ1) is 16.6. The third kappa shape index (κ3) is 4.04. The lowest BCUT2D eigenvalue weighted by Crippen LogP contribution is -2.01. The van der Waals surface area contributed by atoms with Crippen LogP contribution >= 0.6 is 0 Å². The first-order valence-electron chi connectivity index (χ1n) is 5.86. The van der Waals surface area contributed by atoms with Crippen LogP contribution in [0.2, 0.25) is 0 Å². The van der Waals surface area contributed by atoms with E-state index in [4.69, 9.17) is 31.9 Å². The number of rotatable bonds is 2. The van der Waals surface area contributed by atoms with E-state index >= 15 is 0 Å². The monoisotopic (exact) mass is 306 g/mol. The number of nitrogen functional groups attached to an aromatic ring is 2. The summed E-state index contributed by atoms with van der Waals surface area (Å²) in [5, 5.41) is 35.0. The fourth-order valence-electron chi connectivity index (χ4n) is 1.52. The SMILES string of the molecule is Nc1ccc(O)c(C(=O)O)c1.Nc1cccc(O)c1C(=O)O. The van der Waals surface area contributed by atoms with Crippen LogP contribution in [0.4, 0.5) is 11.4 Å². The van der Waals surface area contributed by atoms with Gasteiger partial charge in [0.1, 0.15) is 22.6 Å². The van der Waals surface area contributed by atoms with Gasteiger partial charge >= 0.3 is 11.9 Å². The van der Waals surface area contributed by atoms with Crippen LogP contribution in [0.25, 0.3) is 0 Å². The van der Waals surface area contributed by atoms with Gasteiger partial charge in [0.25, 0.3) is 0 Å². The second kappa shape index (κ2) is 6.84. The zero-order valence-electron chi connectivity index (χ0n) is 11.2. The van der Waals surface area contributed by atoms with Gasteiger partial charge in [-0.05, 0) is 30.3 Å². The minimum absolute atomic E-state index is 0.0671. The molecule has 8 nitrogen and oxygen atoms in total. The van der Waals surface area contributed by atoms with E-state index in [1.165, 1.54) is 36.4 Å². The number of hydrogen-bond donors (Lipinski definition) is 6. The largest absolute Gasteiger partial charge is 0.507 e. The highest BCUT2D eigenvalue weighted by atomic mass is 16.4.